The minimum absolute atomic E-state index is 0.182. The second kappa shape index (κ2) is 5.88. The first kappa shape index (κ1) is 14.1. The van der Waals surface area contributed by atoms with Crippen LogP contribution in [0.5, 0.6) is 11.5 Å². The normalized spacial score (nSPS) is 15.2. The average Bonchev–Trinajstić information content (AvgIpc) is 2.46. The fourth-order valence-electron chi connectivity index (χ4n) is 2.97. The van der Waals surface area contributed by atoms with Crippen LogP contribution in [0.2, 0.25) is 0 Å². The van der Waals surface area contributed by atoms with Crippen LogP contribution < -0.4 is 10.1 Å². The minimum Gasteiger partial charge on any atom is -0.457 e. The van der Waals surface area contributed by atoms with Crippen LogP contribution in [0.15, 0.2) is 48.5 Å². The standard InChI is InChI=1S/C18H22N2O/c1-13(12-20(2)3)19-18-14-8-4-6-10-16(14)21-17-11-7-5-9-15(17)18/h4-11,13,18-19H,12H2,1-3H3. The highest BCUT2D eigenvalue weighted by atomic mass is 16.5. The number of hydrogen-bond acceptors (Lipinski definition) is 3. The van der Waals surface area contributed by atoms with Gasteiger partial charge in [-0.25, -0.2) is 0 Å². The van der Waals surface area contributed by atoms with Gasteiger partial charge in [0, 0.05) is 23.7 Å². The maximum atomic E-state index is 6.02. The van der Waals surface area contributed by atoms with Crippen molar-refractivity contribution in [3.63, 3.8) is 0 Å². The molecule has 1 aliphatic rings. The van der Waals surface area contributed by atoms with E-state index in [2.05, 4.69) is 55.5 Å². The Kier molecular flexibility index (Phi) is 3.95. The van der Waals surface area contributed by atoms with E-state index in [1.807, 2.05) is 24.3 Å². The summed E-state index contributed by atoms with van der Waals surface area (Å²) in [6.07, 6.45) is 0. The van der Waals surface area contributed by atoms with Crippen molar-refractivity contribution in [2.45, 2.75) is 19.0 Å². The lowest BCUT2D eigenvalue weighted by molar-refractivity contribution is 0.330. The lowest BCUT2D eigenvalue weighted by atomic mass is 9.94. The molecule has 0 aliphatic carbocycles. The van der Waals surface area contributed by atoms with Gasteiger partial charge in [0.05, 0.1) is 6.04 Å². The van der Waals surface area contributed by atoms with Crippen LogP contribution in [0.4, 0.5) is 0 Å². The van der Waals surface area contributed by atoms with Gasteiger partial charge in [0.15, 0.2) is 0 Å². The topological polar surface area (TPSA) is 24.5 Å². The van der Waals surface area contributed by atoms with Gasteiger partial charge in [-0.2, -0.15) is 0 Å². The van der Waals surface area contributed by atoms with Gasteiger partial charge in [0.25, 0.3) is 0 Å². The van der Waals surface area contributed by atoms with Crippen LogP contribution in [-0.2, 0) is 0 Å². The second-order valence-electron chi connectivity index (χ2n) is 5.94. The van der Waals surface area contributed by atoms with Crippen LogP contribution >= 0.6 is 0 Å². The van der Waals surface area contributed by atoms with E-state index in [1.165, 1.54) is 11.1 Å². The number of ether oxygens (including phenoxy) is 1. The Bertz CT molecular complexity index is 579. The van der Waals surface area contributed by atoms with E-state index in [9.17, 15) is 0 Å². The molecule has 0 spiro atoms. The molecule has 3 heteroatoms. The van der Waals surface area contributed by atoms with Gasteiger partial charge < -0.3 is 15.0 Å². The van der Waals surface area contributed by atoms with Gasteiger partial charge in [0.2, 0.25) is 0 Å². The summed E-state index contributed by atoms with van der Waals surface area (Å²) in [7, 11) is 4.20. The van der Waals surface area contributed by atoms with E-state index in [0.29, 0.717) is 6.04 Å². The Labute approximate surface area is 126 Å². The molecule has 0 aromatic heterocycles. The van der Waals surface area contributed by atoms with Gasteiger partial charge in [-0.3, -0.25) is 0 Å². The summed E-state index contributed by atoms with van der Waals surface area (Å²) in [5, 5.41) is 3.74. The molecule has 0 saturated heterocycles. The largest absolute Gasteiger partial charge is 0.457 e. The van der Waals surface area contributed by atoms with Gasteiger partial charge in [-0.05, 0) is 33.2 Å². The van der Waals surface area contributed by atoms with Gasteiger partial charge in [0.1, 0.15) is 11.5 Å². The highest BCUT2D eigenvalue weighted by Crippen LogP contribution is 2.42. The highest BCUT2D eigenvalue weighted by Gasteiger charge is 2.27. The van der Waals surface area contributed by atoms with Crippen LogP contribution in [0, 0.1) is 0 Å². The van der Waals surface area contributed by atoms with Crippen molar-refractivity contribution in [2.24, 2.45) is 0 Å². The van der Waals surface area contributed by atoms with Crippen molar-refractivity contribution in [1.29, 1.82) is 0 Å². The number of nitrogens with zero attached hydrogens (tertiary/aromatic N) is 1. The third-order valence-electron chi connectivity index (χ3n) is 3.77. The Hall–Kier alpha value is -1.84. The number of rotatable bonds is 4. The van der Waals surface area contributed by atoms with Crippen molar-refractivity contribution in [2.75, 3.05) is 20.6 Å². The average molecular weight is 282 g/mol. The molecule has 1 atom stereocenters. The van der Waals surface area contributed by atoms with Crippen molar-refractivity contribution in [3.8, 4) is 11.5 Å². The minimum atomic E-state index is 0.182. The molecule has 0 bridgehead atoms. The molecule has 2 aromatic rings. The molecule has 1 unspecified atom stereocenters. The number of para-hydroxylation sites is 2. The molecule has 3 nitrogen and oxygen atoms in total. The Morgan fingerprint density at radius 1 is 1.00 bits per heavy atom. The van der Waals surface area contributed by atoms with E-state index < -0.39 is 0 Å². The number of nitrogens with one attached hydrogen (secondary N) is 1. The molecule has 0 saturated carbocycles. The Balaban J connectivity index is 1.95. The summed E-state index contributed by atoms with van der Waals surface area (Å²) in [6, 6.07) is 17.1. The highest BCUT2D eigenvalue weighted by molar-refractivity contribution is 5.52. The summed E-state index contributed by atoms with van der Waals surface area (Å²) < 4.78 is 6.02. The third-order valence-corrected chi connectivity index (χ3v) is 3.77. The van der Waals surface area contributed by atoms with E-state index in [0.717, 1.165) is 18.0 Å². The predicted molar refractivity (Wildman–Crippen MR) is 86.0 cm³/mol. The zero-order chi connectivity index (χ0) is 14.8. The molecule has 1 heterocycles. The molecular weight excluding hydrogens is 260 g/mol. The van der Waals surface area contributed by atoms with Crippen LogP contribution in [0.3, 0.4) is 0 Å². The maximum absolute atomic E-state index is 6.02. The van der Waals surface area contributed by atoms with E-state index in [1.54, 1.807) is 0 Å². The Morgan fingerprint density at radius 2 is 1.52 bits per heavy atom. The molecule has 0 radical (unpaired) electrons. The SMILES string of the molecule is CC(CN(C)C)NC1c2ccccc2Oc2ccccc21. The molecule has 2 aromatic carbocycles. The van der Waals surface area contributed by atoms with Crippen LogP contribution in [-0.4, -0.2) is 31.6 Å². The molecule has 0 amide bonds. The number of benzene rings is 2. The lowest BCUT2D eigenvalue weighted by Gasteiger charge is -2.31. The molecular formula is C18H22N2O. The van der Waals surface area contributed by atoms with Gasteiger partial charge >= 0.3 is 0 Å². The summed E-state index contributed by atoms with van der Waals surface area (Å²) in [5.41, 5.74) is 2.42. The molecule has 3 rings (SSSR count). The number of likely N-dealkylation sites (N-methyl/N-ethyl adjacent to an activating group) is 1. The summed E-state index contributed by atoms with van der Waals surface area (Å²) in [5.74, 6) is 1.90. The number of hydrogen-bond donors (Lipinski definition) is 1. The lowest BCUT2D eigenvalue weighted by Crippen LogP contribution is -2.39. The van der Waals surface area contributed by atoms with E-state index in [4.69, 9.17) is 4.74 Å². The summed E-state index contributed by atoms with van der Waals surface area (Å²) in [4.78, 5) is 2.20. The first-order chi connectivity index (χ1) is 10.1. The van der Waals surface area contributed by atoms with Crippen molar-refractivity contribution in [1.82, 2.24) is 10.2 Å². The van der Waals surface area contributed by atoms with Crippen LogP contribution in [0.25, 0.3) is 0 Å². The Morgan fingerprint density at radius 3 is 2.05 bits per heavy atom. The monoisotopic (exact) mass is 282 g/mol. The quantitative estimate of drug-likeness (QED) is 0.930. The van der Waals surface area contributed by atoms with Crippen molar-refractivity contribution in [3.05, 3.63) is 59.7 Å². The summed E-state index contributed by atoms with van der Waals surface area (Å²) >= 11 is 0. The summed E-state index contributed by atoms with van der Waals surface area (Å²) in [6.45, 7) is 3.22. The third kappa shape index (κ3) is 2.94. The fourth-order valence-corrected chi connectivity index (χ4v) is 2.97. The van der Waals surface area contributed by atoms with Crippen LogP contribution in [0.1, 0.15) is 24.1 Å². The second-order valence-corrected chi connectivity index (χ2v) is 5.94. The number of fused-ring (bicyclic) bond motifs is 2. The van der Waals surface area contributed by atoms with Crippen molar-refractivity contribution >= 4 is 0 Å². The zero-order valence-electron chi connectivity index (χ0n) is 12.8. The molecule has 0 fully saturated rings. The maximum Gasteiger partial charge on any atom is 0.132 e. The van der Waals surface area contributed by atoms with Gasteiger partial charge in [-0.15, -0.1) is 0 Å². The smallest absolute Gasteiger partial charge is 0.132 e. The predicted octanol–water partition coefficient (Wildman–Crippen LogP) is 3.42. The molecule has 1 N–H and O–H groups in total. The fraction of sp³-hybridized carbons (Fsp3) is 0.333. The van der Waals surface area contributed by atoms with E-state index >= 15 is 0 Å². The molecule has 21 heavy (non-hydrogen) atoms. The van der Waals surface area contributed by atoms with E-state index in [-0.39, 0.29) is 6.04 Å². The molecule has 110 valence electrons. The first-order valence-corrected chi connectivity index (χ1v) is 7.41. The first-order valence-electron chi connectivity index (χ1n) is 7.41. The van der Waals surface area contributed by atoms with Gasteiger partial charge in [-0.1, -0.05) is 36.4 Å². The van der Waals surface area contributed by atoms with Crippen molar-refractivity contribution < 1.29 is 4.74 Å². The molecule has 1 aliphatic heterocycles. The zero-order valence-corrected chi connectivity index (χ0v) is 12.8.